The molecule has 0 spiro atoms. The van der Waals surface area contributed by atoms with E-state index in [-0.39, 0.29) is 19.2 Å². The van der Waals surface area contributed by atoms with Gasteiger partial charge in [-0.3, -0.25) is 9.80 Å². The highest BCUT2D eigenvalue weighted by atomic mass is 19.3. The van der Waals surface area contributed by atoms with E-state index in [4.69, 9.17) is 4.74 Å². The number of alkyl halides is 2. The number of piperazine rings is 1. The second-order valence-corrected chi connectivity index (χ2v) is 6.49. The van der Waals surface area contributed by atoms with Gasteiger partial charge in [-0.2, -0.15) is 0 Å². The van der Waals surface area contributed by atoms with Gasteiger partial charge in [0, 0.05) is 32.2 Å². The summed E-state index contributed by atoms with van der Waals surface area (Å²) in [5.74, 6) is 0.743. The van der Waals surface area contributed by atoms with Crippen molar-refractivity contribution in [3.63, 3.8) is 0 Å². The number of halogens is 2. The van der Waals surface area contributed by atoms with Gasteiger partial charge >= 0.3 is 0 Å². The Kier molecular flexibility index (Phi) is 7.40. The Bertz CT molecular complexity index is 484. The van der Waals surface area contributed by atoms with Crippen molar-refractivity contribution < 1.29 is 18.6 Å². The van der Waals surface area contributed by atoms with Crippen molar-refractivity contribution in [2.75, 3.05) is 39.3 Å². The van der Waals surface area contributed by atoms with Gasteiger partial charge in [0.25, 0.3) is 6.43 Å². The molecule has 0 aliphatic carbocycles. The van der Waals surface area contributed by atoms with Gasteiger partial charge in [-0.15, -0.1) is 0 Å². The largest absolute Gasteiger partial charge is 0.491 e. The summed E-state index contributed by atoms with van der Waals surface area (Å²) < 4.78 is 30.8. The number of β-amino-alcohol motifs (C(OH)–C–C–N with tert-alkyl or cyclic N) is 1. The van der Waals surface area contributed by atoms with E-state index in [9.17, 15) is 13.9 Å². The molecule has 2 atom stereocenters. The molecule has 24 heavy (non-hydrogen) atoms. The quantitative estimate of drug-likeness (QED) is 0.787. The number of ether oxygens (including phenoxy) is 1. The third-order valence-corrected chi connectivity index (χ3v) is 4.46. The maximum atomic E-state index is 12.6. The number of aliphatic hydroxyl groups is 1. The van der Waals surface area contributed by atoms with Gasteiger partial charge in [0.15, 0.2) is 0 Å². The van der Waals surface area contributed by atoms with E-state index in [1.165, 1.54) is 0 Å². The highest BCUT2D eigenvalue weighted by Crippen LogP contribution is 2.16. The number of nitrogens with zero attached hydrogens (tertiary/aromatic N) is 2. The molecule has 1 aromatic carbocycles. The van der Waals surface area contributed by atoms with E-state index in [2.05, 4.69) is 4.90 Å². The Balaban J connectivity index is 1.75. The lowest BCUT2D eigenvalue weighted by atomic mass is 10.1. The first-order chi connectivity index (χ1) is 11.5. The fraction of sp³-hybridized carbons (Fsp3) is 0.667. The van der Waals surface area contributed by atoms with Crippen LogP contribution in [0, 0.1) is 6.92 Å². The summed E-state index contributed by atoms with van der Waals surface area (Å²) in [6, 6.07) is 7.83. The summed E-state index contributed by atoms with van der Waals surface area (Å²) in [5.41, 5.74) is 1.16. The van der Waals surface area contributed by atoms with Crippen molar-refractivity contribution in [3.8, 4) is 5.75 Å². The third-order valence-electron chi connectivity index (χ3n) is 4.46. The van der Waals surface area contributed by atoms with E-state index in [1.54, 1.807) is 0 Å². The third kappa shape index (κ3) is 6.00. The first-order valence-corrected chi connectivity index (χ1v) is 8.60. The Morgan fingerprint density at radius 1 is 1.21 bits per heavy atom. The van der Waals surface area contributed by atoms with Crippen LogP contribution < -0.4 is 4.74 Å². The summed E-state index contributed by atoms with van der Waals surface area (Å²) in [5, 5.41) is 10.2. The lowest BCUT2D eigenvalue weighted by Gasteiger charge is -2.41. The smallest absolute Gasteiger partial charge is 0.251 e. The molecule has 0 bridgehead atoms. The molecular formula is C18H28F2N2O2. The molecule has 1 saturated heterocycles. The standard InChI is InChI=1S/C18H28F2N2O2/c1-3-15-10-21(8-9-22(15)12-18(19)20)11-16(23)13-24-17-6-4-14(2)5-7-17/h4-7,15-16,18,23H,3,8-13H2,1-2H3. The second kappa shape index (κ2) is 9.30. The second-order valence-electron chi connectivity index (χ2n) is 6.49. The summed E-state index contributed by atoms with van der Waals surface area (Å²) in [6.07, 6.45) is -2.05. The molecule has 1 N–H and O–H groups in total. The topological polar surface area (TPSA) is 35.9 Å². The highest BCUT2D eigenvalue weighted by molar-refractivity contribution is 5.26. The van der Waals surface area contributed by atoms with Crippen LogP contribution in [0.15, 0.2) is 24.3 Å². The average Bonchev–Trinajstić information content (AvgIpc) is 2.55. The molecule has 1 aromatic rings. The molecule has 2 rings (SSSR count). The Labute approximate surface area is 143 Å². The van der Waals surface area contributed by atoms with Gasteiger partial charge in [-0.1, -0.05) is 24.6 Å². The van der Waals surface area contributed by atoms with E-state index in [0.29, 0.717) is 26.2 Å². The summed E-state index contributed by atoms with van der Waals surface area (Å²) in [7, 11) is 0. The fourth-order valence-electron chi connectivity index (χ4n) is 3.11. The van der Waals surface area contributed by atoms with Crippen LogP contribution in [0.5, 0.6) is 5.75 Å². The van der Waals surface area contributed by atoms with E-state index < -0.39 is 12.5 Å². The molecule has 0 saturated carbocycles. The van der Waals surface area contributed by atoms with E-state index in [0.717, 1.165) is 17.7 Å². The zero-order valence-electron chi connectivity index (χ0n) is 14.5. The van der Waals surface area contributed by atoms with Gasteiger partial charge < -0.3 is 9.84 Å². The average molecular weight is 342 g/mol. The van der Waals surface area contributed by atoms with Crippen molar-refractivity contribution >= 4 is 0 Å². The summed E-state index contributed by atoms with van der Waals surface area (Å²) in [6.45, 7) is 6.64. The summed E-state index contributed by atoms with van der Waals surface area (Å²) in [4.78, 5) is 4.00. The number of aliphatic hydroxyl groups excluding tert-OH is 1. The number of benzene rings is 1. The molecule has 0 aromatic heterocycles. The predicted octanol–water partition coefficient (Wildman–Crippen LogP) is 2.40. The molecule has 2 unspecified atom stereocenters. The predicted molar refractivity (Wildman–Crippen MR) is 90.8 cm³/mol. The van der Waals surface area contributed by atoms with Gasteiger partial charge in [0.1, 0.15) is 18.5 Å². The molecule has 136 valence electrons. The van der Waals surface area contributed by atoms with Crippen molar-refractivity contribution in [1.29, 1.82) is 0 Å². The van der Waals surface area contributed by atoms with Crippen LogP contribution in [-0.4, -0.2) is 72.8 Å². The molecule has 6 heteroatoms. The first kappa shape index (κ1) is 19.1. The van der Waals surface area contributed by atoms with Crippen LogP contribution in [0.4, 0.5) is 8.78 Å². The zero-order chi connectivity index (χ0) is 17.5. The molecule has 1 fully saturated rings. The number of hydrogen-bond donors (Lipinski definition) is 1. The monoisotopic (exact) mass is 342 g/mol. The maximum absolute atomic E-state index is 12.6. The van der Waals surface area contributed by atoms with Crippen LogP contribution in [-0.2, 0) is 0 Å². The number of hydrogen-bond acceptors (Lipinski definition) is 4. The van der Waals surface area contributed by atoms with Crippen LogP contribution in [0.1, 0.15) is 18.9 Å². The number of aryl methyl sites for hydroxylation is 1. The van der Waals surface area contributed by atoms with Gasteiger partial charge in [0.05, 0.1) is 6.54 Å². The van der Waals surface area contributed by atoms with E-state index >= 15 is 0 Å². The van der Waals surface area contributed by atoms with Crippen molar-refractivity contribution in [1.82, 2.24) is 9.80 Å². The van der Waals surface area contributed by atoms with Gasteiger partial charge in [-0.05, 0) is 25.5 Å². The lowest BCUT2D eigenvalue weighted by molar-refractivity contribution is -0.00158. The van der Waals surface area contributed by atoms with Crippen molar-refractivity contribution in [2.45, 2.75) is 38.8 Å². The molecule has 1 aliphatic heterocycles. The minimum absolute atomic E-state index is 0.123. The van der Waals surface area contributed by atoms with Crippen LogP contribution in [0.25, 0.3) is 0 Å². The minimum Gasteiger partial charge on any atom is -0.491 e. The van der Waals surface area contributed by atoms with Gasteiger partial charge in [0.2, 0.25) is 0 Å². The first-order valence-electron chi connectivity index (χ1n) is 8.60. The van der Waals surface area contributed by atoms with Gasteiger partial charge in [-0.25, -0.2) is 8.78 Å². The van der Waals surface area contributed by atoms with Crippen molar-refractivity contribution in [3.05, 3.63) is 29.8 Å². The summed E-state index contributed by atoms with van der Waals surface area (Å²) >= 11 is 0. The molecule has 0 amide bonds. The highest BCUT2D eigenvalue weighted by Gasteiger charge is 2.28. The van der Waals surface area contributed by atoms with Crippen molar-refractivity contribution in [2.24, 2.45) is 0 Å². The Hall–Kier alpha value is -1.24. The van der Waals surface area contributed by atoms with Crippen LogP contribution in [0.2, 0.25) is 0 Å². The Morgan fingerprint density at radius 2 is 1.92 bits per heavy atom. The normalized spacial score (nSPS) is 21.2. The number of rotatable bonds is 8. The zero-order valence-corrected chi connectivity index (χ0v) is 14.5. The molecule has 1 aliphatic rings. The fourth-order valence-corrected chi connectivity index (χ4v) is 3.11. The maximum Gasteiger partial charge on any atom is 0.251 e. The lowest BCUT2D eigenvalue weighted by Crippen LogP contribution is -2.55. The van der Waals surface area contributed by atoms with Crippen LogP contribution in [0.3, 0.4) is 0 Å². The minimum atomic E-state index is -2.29. The van der Waals surface area contributed by atoms with E-state index in [1.807, 2.05) is 43.0 Å². The molecule has 0 radical (unpaired) electrons. The molecular weight excluding hydrogens is 314 g/mol. The van der Waals surface area contributed by atoms with Crippen LogP contribution >= 0.6 is 0 Å². The molecule has 1 heterocycles. The molecule has 4 nitrogen and oxygen atoms in total. The Morgan fingerprint density at radius 3 is 2.54 bits per heavy atom. The SMILES string of the molecule is CCC1CN(CC(O)COc2ccc(C)cc2)CCN1CC(F)F.